The van der Waals surface area contributed by atoms with E-state index in [-0.39, 0.29) is 11.9 Å². The molecule has 2 heterocycles. The average Bonchev–Trinajstić information content (AvgIpc) is 2.84. The van der Waals surface area contributed by atoms with Crippen LogP contribution in [0.25, 0.3) is 11.1 Å². The van der Waals surface area contributed by atoms with Gasteiger partial charge in [-0.2, -0.15) is 0 Å². The highest BCUT2D eigenvalue weighted by Gasteiger charge is 2.27. The Morgan fingerprint density at radius 1 is 1.12 bits per heavy atom. The minimum absolute atomic E-state index is 0.0605. The van der Waals surface area contributed by atoms with E-state index >= 15 is 0 Å². The summed E-state index contributed by atoms with van der Waals surface area (Å²) in [5, 5.41) is 0. The van der Waals surface area contributed by atoms with Crippen molar-refractivity contribution < 1.29 is 9.53 Å². The van der Waals surface area contributed by atoms with Gasteiger partial charge in [-0.15, -0.1) is 0 Å². The zero-order valence-corrected chi connectivity index (χ0v) is 19.9. The normalized spacial score (nSPS) is 16.4. The summed E-state index contributed by atoms with van der Waals surface area (Å²) in [4.78, 5) is 25.7. The van der Waals surface area contributed by atoms with Crippen molar-refractivity contribution in [3.8, 4) is 16.9 Å². The molecule has 33 heavy (non-hydrogen) atoms. The van der Waals surface area contributed by atoms with Crippen LogP contribution in [0, 0.1) is 6.92 Å². The molecule has 6 nitrogen and oxygen atoms in total. The lowest BCUT2D eigenvalue weighted by Crippen LogP contribution is -2.34. The summed E-state index contributed by atoms with van der Waals surface area (Å²) in [6.45, 7) is 3.75. The second-order valence-electron chi connectivity index (χ2n) is 8.81. The first-order valence-electron chi connectivity index (χ1n) is 11.5. The van der Waals surface area contributed by atoms with Crippen LogP contribution in [0.3, 0.4) is 0 Å². The molecule has 0 unspecified atom stereocenters. The van der Waals surface area contributed by atoms with Crippen LogP contribution in [-0.4, -0.2) is 53.4 Å². The van der Waals surface area contributed by atoms with Crippen LogP contribution in [-0.2, 0) is 6.54 Å². The number of carbonyl (C=O) groups is 1. The Balaban J connectivity index is 1.52. The predicted octanol–water partition coefficient (Wildman–Crippen LogP) is 4.89. The molecule has 4 rings (SSSR count). The summed E-state index contributed by atoms with van der Waals surface area (Å²) in [6.07, 6.45) is 5.05. The number of rotatable bonds is 6. The maximum Gasteiger partial charge on any atom is 0.256 e. The fourth-order valence-corrected chi connectivity index (χ4v) is 4.48. The average molecular weight is 445 g/mol. The molecule has 1 atom stereocenters. The van der Waals surface area contributed by atoms with Crippen molar-refractivity contribution in [2.24, 2.45) is 0 Å². The Kier molecular flexibility index (Phi) is 7.04. The van der Waals surface area contributed by atoms with Crippen molar-refractivity contribution in [3.05, 3.63) is 77.4 Å². The van der Waals surface area contributed by atoms with Crippen LogP contribution >= 0.6 is 0 Å². The van der Waals surface area contributed by atoms with Crippen molar-refractivity contribution in [2.75, 3.05) is 27.7 Å². The van der Waals surface area contributed by atoms with Gasteiger partial charge in [0, 0.05) is 32.4 Å². The van der Waals surface area contributed by atoms with Crippen molar-refractivity contribution in [1.29, 1.82) is 0 Å². The number of amides is 1. The minimum Gasteiger partial charge on any atom is -0.496 e. The number of hydrogen-bond acceptors (Lipinski definition) is 5. The summed E-state index contributed by atoms with van der Waals surface area (Å²) in [6, 6.07) is 17.0. The van der Waals surface area contributed by atoms with E-state index in [0.29, 0.717) is 5.56 Å². The third-order valence-electron chi connectivity index (χ3n) is 6.30. The van der Waals surface area contributed by atoms with Crippen LogP contribution < -0.4 is 4.74 Å². The van der Waals surface area contributed by atoms with Crippen LogP contribution in [0.4, 0.5) is 0 Å². The van der Waals surface area contributed by atoms with Gasteiger partial charge < -0.3 is 9.64 Å². The first-order chi connectivity index (χ1) is 16.0. The number of nitrogens with zero attached hydrogens (tertiary/aromatic N) is 4. The minimum atomic E-state index is -0.0605. The second kappa shape index (κ2) is 10.1. The number of hydrogen-bond donors (Lipinski definition) is 0. The van der Waals surface area contributed by atoms with Gasteiger partial charge in [-0.25, -0.2) is 9.97 Å². The quantitative estimate of drug-likeness (QED) is 0.542. The molecular formula is C27H32N4O2. The molecule has 1 saturated heterocycles. The molecule has 0 aliphatic carbocycles. The summed E-state index contributed by atoms with van der Waals surface area (Å²) >= 11 is 0. The van der Waals surface area contributed by atoms with E-state index in [4.69, 9.17) is 9.72 Å². The zero-order valence-electron chi connectivity index (χ0n) is 19.9. The van der Waals surface area contributed by atoms with Crippen LogP contribution in [0.2, 0.25) is 0 Å². The lowest BCUT2D eigenvalue weighted by atomic mass is 9.99. The van der Waals surface area contributed by atoms with Crippen molar-refractivity contribution in [1.82, 2.24) is 19.8 Å². The Morgan fingerprint density at radius 3 is 2.58 bits per heavy atom. The third-order valence-corrected chi connectivity index (χ3v) is 6.30. The smallest absolute Gasteiger partial charge is 0.256 e. The molecule has 1 aliphatic heterocycles. The topological polar surface area (TPSA) is 58.6 Å². The molecule has 2 aromatic carbocycles. The monoisotopic (exact) mass is 444 g/mol. The Labute approximate surface area is 196 Å². The van der Waals surface area contributed by atoms with Gasteiger partial charge >= 0.3 is 0 Å². The number of benzene rings is 2. The molecule has 0 bridgehead atoms. The Morgan fingerprint density at radius 2 is 1.88 bits per heavy atom. The highest BCUT2D eigenvalue weighted by atomic mass is 16.5. The number of ether oxygens (including phenoxy) is 1. The zero-order chi connectivity index (χ0) is 23.4. The number of methoxy groups -OCH3 is 1. The molecule has 1 amide bonds. The summed E-state index contributed by atoms with van der Waals surface area (Å²) < 4.78 is 5.51. The third kappa shape index (κ3) is 5.06. The van der Waals surface area contributed by atoms with Gasteiger partial charge in [-0.3, -0.25) is 9.69 Å². The van der Waals surface area contributed by atoms with E-state index in [2.05, 4.69) is 40.2 Å². The van der Waals surface area contributed by atoms with E-state index < -0.39 is 0 Å². The van der Waals surface area contributed by atoms with E-state index in [0.717, 1.165) is 54.3 Å². The lowest BCUT2D eigenvalue weighted by molar-refractivity contribution is 0.0825. The fraction of sp³-hybridized carbons (Fsp3) is 0.370. The SMILES string of the molecule is COc1ccccc1-c1ccc(CN2CCCC[C@@H]2c2ncc(C(=O)N(C)C)c(C)n2)cc1. The Bertz CT molecular complexity index is 1110. The van der Waals surface area contributed by atoms with Gasteiger partial charge in [0.25, 0.3) is 5.91 Å². The first-order valence-corrected chi connectivity index (χ1v) is 11.5. The maximum absolute atomic E-state index is 12.4. The molecule has 1 aromatic heterocycles. The lowest BCUT2D eigenvalue weighted by Gasteiger charge is -2.35. The van der Waals surface area contributed by atoms with Gasteiger partial charge in [0.1, 0.15) is 11.6 Å². The van der Waals surface area contributed by atoms with Gasteiger partial charge in [0.05, 0.1) is 24.4 Å². The first kappa shape index (κ1) is 22.9. The molecule has 3 aromatic rings. The summed E-state index contributed by atoms with van der Waals surface area (Å²) in [5.41, 5.74) is 4.81. The molecule has 172 valence electrons. The molecule has 0 spiro atoms. The summed E-state index contributed by atoms with van der Waals surface area (Å²) in [5.74, 6) is 1.63. The Hall–Kier alpha value is -3.25. The van der Waals surface area contributed by atoms with Crippen molar-refractivity contribution in [2.45, 2.75) is 38.8 Å². The predicted molar refractivity (Wildman–Crippen MR) is 130 cm³/mol. The van der Waals surface area contributed by atoms with Gasteiger partial charge in [-0.05, 0) is 43.5 Å². The molecule has 1 fully saturated rings. The number of aryl methyl sites for hydroxylation is 1. The van der Waals surface area contributed by atoms with E-state index in [1.807, 2.05) is 25.1 Å². The number of carbonyl (C=O) groups excluding carboxylic acids is 1. The number of likely N-dealkylation sites (tertiary alicyclic amines) is 1. The summed E-state index contributed by atoms with van der Waals surface area (Å²) in [7, 11) is 5.20. The molecule has 1 aliphatic rings. The van der Waals surface area contributed by atoms with Gasteiger partial charge in [0.15, 0.2) is 0 Å². The molecule has 6 heteroatoms. The number of aromatic nitrogens is 2. The highest BCUT2D eigenvalue weighted by molar-refractivity contribution is 5.94. The van der Waals surface area contributed by atoms with Crippen molar-refractivity contribution >= 4 is 5.91 Å². The molecular weight excluding hydrogens is 412 g/mol. The van der Waals surface area contributed by atoms with E-state index in [9.17, 15) is 4.79 Å². The van der Waals surface area contributed by atoms with Gasteiger partial charge in [0.2, 0.25) is 0 Å². The van der Waals surface area contributed by atoms with Crippen molar-refractivity contribution in [3.63, 3.8) is 0 Å². The molecule has 0 radical (unpaired) electrons. The molecule has 0 N–H and O–H groups in total. The standard InChI is InChI=1S/C27H32N4O2/c1-19-23(27(32)30(2)3)17-28-26(29-19)24-10-7-8-16-31(24)18-20-12-14-21(15-13-20)22-9-5-6-11-25(22)33-4/h5-6,9,11-15,17,24H,7-8,10,16,18H2,1-4H3/t24-/m1/s1. The molecule has 0 saturated carbocycles. The second-order valence-corrected chi connectivity index (χ2v) is 8.81. The number of piperidine rings is 1. The highest BCUT2D eigenvalue weighted by Crippen LogP contribution is 2.32. The van der Waals surface area contributed by atoms with E-state index in [1.54, 1.807) is 32.3 Å². The van der Waals surface area contributed by atoms with Crippen LogP contribution in [0.5, 0.6) is 5.75 Å². The van der Waals surface area contributed by atoms with E-state index in [1.165, 1.54) is 12.0 Å². The largest absolute Gasteiger partial charge is 0.496 e. The maximum atomic E-state index is 12.4. The van der Waals surface area contributed by atoms with Gasteiger partial charge in [-0.1, -0.05) is 48.9 Å². The van der Waals surface area contributed by atoms with Crippen LogP contribution in [0.1, 0.15) is 52.7 Å². The number of para-hydroxylation sites is 1. The van der Waals surface area contributed by atoms with Crippen LogP contribution in [0.15, 0.2) is 54.7 Å². The fourth-order valence-electron chi connectivity index (χ4n) is 4.48.